The van der Waals surface area contributed by atoms with Gasteiger partial charge in [0.25, 0.3) is 5.92 Å². The number of benzene rings is 2. The monoisotopic (exact) mass is 469 g/mol. The van der Waals surface area contributed by atoms with E-state index < -0.39 is 5.92 Å². The second kappa shape index (κ2) is 15.8. The molecule has 1 aliphatic rings. The largest absolute Gasteiger partial charge is 0.388 e. The molecule has 34 heavy (non-hydrogen) atoms. The van der Waals surface area contributed by atoms with E-state index in [0.29, 0.717) is 0 Å². The summed E-state index contributed by atoms with van der Waals surface area (Å²) in [6.45, 7) is 17.2. The van der Waals surface area contributed by atoms with Crippen LogP contribution in [0.25, 0.3) is 11.6 Å². The van der Waals surface area contributed by atoms with Crippen LogP contribution in [0, 0.1) is 6.92 Å². The molecule has 3 rings (SSSR count). The first kappa shape index (κ1) is 31.0. The molecule has 4 heteroatoms. The van der Waals surface area contributed by atoms with Crippen molar-refractivity contribution >= 4 is 24.1 Å². The lowest BCUT2D eigenvalue weighted by Crippen LogP contribution is -2.08. The van der Waals surface area contributed by atoms with Crippen molar-refractivity contribution in [2.75, 3.05) is 12.4 Å². The average Bonchev–Trinajstić information content (AvgIpc) is 3.00. The van der Waals surface area contributed by atoms with E-state index in [1.165, 1.54) is 5.56 Å². The molecule has 2 nitrogen and oxygen atoms in total. The minimum atomic E-state index is -2.82. The molecular weight excluding hydrogens is 428 g/mol. The van der Waals surface area contributed by atoms with Crippen LogP contribution in [0.15, 0.2) is 60.7 Å². The van der Waals surface area contributed by atoms with E-state index in [1.54, 1.807) is 12.1 Å². The highest BCUT2D eigenvalue weighted by atomic mass is 19.3. The van der Waals surface area contributed by atoms with Crippen LogP contribution in [0.4, 0.5) is 14.5 Å². The van der Waals surface area contributed by atoms with Crippen molar-refractivity contribution in [1.82, 2.24) is 0 Å². The Hall–Kier alpha value is -3.01. The Morgan fingerprint density at radius 1 is 1.00 bits per heavy atom. The fourth-order valence-corrected chi connectivity index (χ4v) is 3.48. The van der Waals surface area contributed by atoms with Crippen LogP contribution in [0.3, 0.4) is 0 Å². The highest BCUT2D eigenvalue weighted by Gasteiger charge is 2.26. The van der Waals surface area contributed by atoms with E-state index in [1.807, 2.05) is 59.8 Å². The number of allylic oxidation sites excluding steroid dienone is 4. The van der Waals surface area contributed by atoms with E-state index >= 15 is 0 Å². The van der Waals surface area contributed by atoms with Gasteiger partial charge in [0, 0.05) is 25.2 Å². The Labute approximate surface area is 205 Å². The number of fused-ring (bicyclic) bond motifs is 1. The lowest BCUT2D eigenvalue weighted by molar-refractivity contribution is -0.0980. The molecule has 0 unspecified atom stereocenters. The van der Waals surface area contributed by atoms with Crippen LogP contribution in [0.1, 0.15) is 75.3 Å². The molecular formula is C30H41F2NO. The van der Waals surface area contributed by atoms with Gasteiger partial charge in [0.1, 0.15) is 6.79 Å². The van der Waals surface area contributed by atoms with Gasteiger partial charge in [0.2, 0.25) is 0 Å². The summed E-state index contributed by atoms with van der Waals surface area (Å²) >= 11 is 0. The van der Waals surface area contributed by atoms with Crippen LogP contribution in [-0.2, 0) is 17.1 Å². The lowest BCUT2D eigenvalue weighted by atomic mass is 9.93. The van der Waals surface area contributed by atoms with Gasteiger partial charge in [0.15, 0.2) is 0 Å². The SMILES string of the molecule is C/C=C\C.C=C1CCc2cc(C(C)(F)F)ccc2/C(=C/c2ccc(C)c(NC)c2)C1.C=O.CC. The highest BCUT2D eigenvalue weighted by molar-refractivity contribution is 5.85. The normalized spacial score (nSPS) is 13.9. The Balaban J connectivity index is 0.00000121. The minimum Gasteiger partial charge on any atom is -0.388 e. The predicted octanol–water partition coefficient (Wildman–Crippen LogP) is 9.01. The molecule has 1 N–H and O–H groups in total. The number of aryl methyl sites for hydroxylation is 2. The number of alkyl halides is 2. The number of nitrogens with one attached hydrogen (secondary N) is 1. The molecule has 1 aliphatic carbocycles. The van der Waals surface area contributed by atoms with E-state index in [0.717, 1.165) is 59.7 Å². The number of carbonyl (C=O) groups is 1. The van der Waals surface area contributed by atoms with Gasteiger partial charge in [-0.3, -0.25) is 0 Å². The zero-order valence-electron chi connectivity index (χ0n) is 21.9. The maximum absolute atomic E-state index is 13.7. The van der Waals surface area contributed by atoms with E-state index in [2.05, 4.69) is 43.1 Å². The van der Waals surface area contributed by atoms with Gasteiger partial charge in [-0.05, 0) is 80.0 Å². The first-order valence-corrected chi connectivity index (χ1v) is 11.7. The summed E-state index contributed by atoms with van der Waals surface area (Å²) in [7, 11) is 1.91. The molecule has 0 amide bonds. The fraction of sp³-hybridized carbons (Fsp3) is 0.367. The molecule has 2 aromatic rings. The Morgan fingerprint density at radius 2 is 1.62 bits per heavy atom. The fourth-order valence-electron chi connectivity index (χ4n) is 3.48. The molecule has 0 fully saturated rings. The Morgan fingerprint density at radius 3 is 2.15 bits per heavy atom. The molecule has 0 atom stereocenters. The molecule has 0 aliphatic heterocycles. The summed E-state index contributed by atoms with van der Waals surface area (Å²) in [5.74, 6) is -2.82. The van der Waals surface area contributed by atoms with Crippen molar-refractivity contribution in [3.8, 4) is 0 Å². The molecule has 0 aromatic heterocycles. The van der Waals surface area contributed by atoms with Gasteiger partial charge in [-0.2, -0.15) is 0 Å². The van der Waals surface area contributed by atoms with Crippen molar-refractivity contribution in [2.24, 2.45) is 0 Å². The third-order valence-corrected chi connectivity index (χ3v) is 5.35. The van der Waals surface area contributed by atoms with Crippen molar-refractivity contribution in [2.45, 2.75) is 66.7 Å². The van der Waals surface area contributed by atoms with Crippen LogP contribution in [0.2, 0.25) is 0 Å². The second-order valence-corrected chi connectivity index (χ2v) is 7.85. The van der Waals surface area contributed by atoms with Gasteiger partial charge >= 0.3 is 0 Å². The molecule has 0 heterocycles. The summed E-state index contributed by atoms with van der Waals surface area (Å²) in [6, 6.07) is 11.4. The van der Waals surface area contributed by atoms with Crippen LogP contribution in [-0.4, -0.2) is 13.8 Å². The smallest absolute Gasteiger partial charge is 0.270 e. The molecule has 0 bridgehead atoms. The standard InChI is InChI=1S/C23H25F2N.C4H8.C2H6.CH2O/c1-15-5-8-18-14-20(23(3,24)25)9-10-21(18)19(11-15)12-17-7-6-16(2)22(13-17)26-4;1-3-4-2;2*1-2/h6-7,9-10,12-14,26H,1,5,8,11H2,2-4H3;3-4H,1-2H3;1-2H3;1H2/b19-12+;4-3-;;. The Bertz CT molecular complexity index is 964. The maximum Gasteiger partial charge on any atom is 0.270 e. The quantitative estimate of drug-likeness (QED) is 0.359. The third-order valence-electron chi connectivity index (χ3n) is 5.35. The van der Waals surface area contributed by atoms with E-state index in [9.17, 15) is 8.78 Å². The van der Waals surface area contributed by atoms with Gasteiger partial charge in [-0.25, -0.2) is 8.78 Å². The summed E-state index contributed by atoms with van der Waals surface area (Å²) in [6.07, 6.45) is 8.51. The predicted molar refractivity (Wildman–Crippen MR) is 146 cm³/mol. The first-order chi connectivity index (χ1) is 16.2. The number of halogens is 2. The maximum atomic E-state index is 13.7. The van der Waals surface area contributed by atoms with E-state index in [-0.39, 0.29) is 5.56 Å². The minimum absolute atomic E-state index is 0.0796. The molecule has 0 spiro atoms. The number of anilines is 1. The second-order valence-electron chi connectivity index (χ2n) is 7.85. The van der Waals surface area contributed by atoms with E-state index in [4.69, 9.17) is 4.79 Å². The summed E-state index contributed by atoms with van der Waals surface area (Å²) in [5.41, 5.74) is 7.77. The van der Waals surface area contributed by atoms with Crippen LogP contribution >= 0.6 is 0 Å². The van der Waals surface area contributed by atoms with Gasteiger partial charge in [-0.1, -0.05) is 68.5 Å². The van der Waals surface area contributed by atoms with Crippen molar-refractivity contribution < 1.29 is 13.6 Å². The summed E-state index contributed by atoms with van der Waals surface area (Å²) in [5, 5.41) is 3.21. The molecule has 186 valence electrons. The summed E-state index contributed by atoms with van der Waals surface area (Å²) in [4.78, 5) is 8.00. The Kier molecular flexibility index (Phi) is 14.4. The zero-order chi connectivity index (χ0) is 26.3. The number of hydrogen-bond donors (Lipinski definition) is 1. The zero-order valence-corrected chi connectivity index (χ0v) is 21.9. The topological polar surface area (TPSA) is 29.1 Å². The van der Waals surface area contributed by atoms with Gasteiger partial charge < -0.3 is 10.1 Å². The number of rotatable bonds is 3. The molecule has 0 saturated heterocycles. The lowest BCUT2D eigenvalue weighted by Gasteiger charge is -2.15. The van der Waals surface area contributed by atoms with Crippen molar-refractivity contribution in [3.05, 3.63) is 88.5 Å². The molecule has 2 aromatic carbocycles. The number of hydrogen-bond acceptors (Lipinski definition) is 2. The molecule has 0 radical (unpaired) electrons. The third kappa shape index (κ3) is 9.46. The summed E-state index contributed by atoms with van der Waals surface area (Å²) < 4.78 is 27.5. The van der Waals surface area contributed by atoms with Gasteiger partial charge in [-0.15, -0.1) is 0 Å². The average molecular weight is 470 g/mol. The first-order valence-electron chi connectivity index (χ1n) is 11.7. The van der Waals surface area contributed by atoms with Gasteiger partial charge in [0.05, 0.1) is 0 Å². The molecule has 0 saturated carbocycles. The van der Waals surface area contributed by atoms with Crippen LogP contribution < -0.4 is 5.32 Å². The van der Waals surface area contributed by atoms with Crippen LogP contribution in [0.5, 0.6) is 0 Å². The van der Waals surface area contributed by atoms with Crippen molar-refractivity contribution in [1.29, 1.82) is 0 Å². The highest BCUT2D eigenvalue weighted by Crippen LogP contribution is 2.37. The van der Waals surface area contributed by atoms with Crippen molar-refractivity contribution in [3.63, 3.8) is 0 Å². The number of carbonyl (C=O) groups excluding carboxylic acids is 1.